The molecule has 0 aliphatic carbocycles. The van der Waals surface area contributed by atoms with E-state index in [9.17, 15) is 0 Å². The van der Waals surface area contributed by atoms with Gasteiger partial charge in [0, 0.05) is 19.7 Å². The second-order valence-corrected chi connectivity index (χ2v) is 3.10. The molecule has 0 atom stereocenters. The standard InChI is InChI=1S/C11H12N2/c1-8-11(12-2)9-6-4-5-7-10(9)13(8)3/h4-7H,1H2,2-3H3/b12-11-. The topological polar surface area (TPSA) is 15.6 Å². The molecule has 2 heteroatoms. The zero-order chi connectivity index (χ0) is 9.42. The van der Waals surface area contributed by atoms with Crippen LogP contribution in [-0.4, -0.2) is 19.8 Å². The predicted molar refractivity (Wildman–Crippen MR) is 56.4 cm³/mol. The molecule has 2 rings (SSSR count). The highest BCUT2D eigenvalue weighted by atomic mass is 15.1. The Labute approximate surface area is 78.2 Å². The molecule has 2 nitrogen and oxygen atoms in total. The van der Waals surface area contributed by atoms with Gasteiger partial charge in [0.1, 0.15) is 0 Å². The van der Waals surface area contributed by atoms with Crippen LogP contribution in [0.1, 0.15) is 5.56 Å². The van der Waals surface area contributed by atoms with Gasteiger partial charge in [-0.15, -0.1) is 0 Å². The molecule has 1 aromatic carbocycles. The molecule has 0 fully saturated rings. The van der Waals surface area contributed by atoms with Crippen LogP contribution >= 0.6 is 0 Å². The maximum atomic E-state index is 4.24. The van der Waals surface area contributed by atoms with Gasteiger partial charge in [0.15, 0.2) is 0 Å². The summed E-state index contributed by atoms with van der Waals surface area (Å²) in [4.78, 5) is 6.30. The average Bonchev–Trinajstić information content (AvgIpc) is 2.41. The summed E-state index contributed by atoms with van der Waals surface area (Å²) in [6.07, 6.45) is 0. The van der Waals surface area contributed by atoms with Gasteiger partial charge in [0.05, 0.1) is 17.1 Å². The number of hydrogen-bond acceptors (Lipinski definition) is 2. The molecule has 0 amide bonds. The minimum atomic E-state index is 0.976. The van der Waals surface area contributed by atoms with Gasteiger partial charge in [-0.25, -0.2) is 0 Å². The molecule has 0 saturated heterocycles. The first-order chi connectivity index (χ1) is 6.25. The predicted octanol–water partition coefficient (Wildman–Crippen LogP) is 2.07. The monoisotopic (exact) mass is 172 g/mol. The first-order valence-electron chi connectivity index (χ1n) is 4.25. The summed E-state index contributed by atoms with van der Waals surface area (Å²) in [5.41, 5.74) is 4.34. The molecule has 0 unspecified atom stereocenters. The fraction of sp³-hybridized carbons (Fsp3) is 0.182. The van der Waals surface area contributed by atoms with Gasteiger partial charge in [-0.1, -0.05) is 24.8 Å². The number of anilines is 1. The summed E-state index contributed by atoms with van der Waals surface area (Å²) in [5.74, 6) is 0. The minimum absolute atomic E-state index is 0.976. The van der Waals surface area contributed by atoms with Crippen molar-refractivity contribution in [2.45, 2.75) is 0 Å². The molecule has 0 saturated carbocycles. The highest BCUT2D eigenvalue weighted by molar-refractivity contribution is 6.21. The number of hydrogen-bond donors (Lipinski definition) is 0. The summed E-state index contributed by atoms with van der Waals surface area (Å²) in [6, 6.07) is 8.21. The van der Waals surface area contributed by atoms with E-state index in [-0.39, 0.29) is 0 Å². The Hall–Kier alpha value is -1.57. The van der Waals surface area contributed by atoms with Crippen LogP contribution in [-0.2, 0) is 0 Å². The molecule has 1 aliphatic rings. The third kappa shape index (κ3) is 0.985. The van der Waals surface area contributed by atoms with Crippen LogP contribution in [0.15, 0.2) is 41.5 Å². The first-order valence-corrected chi connectivity index (χ1v) is 4.25. The van der Waals surface area contributed by atoms with Crippen molar-refractivity contribution < 1.29 is 0 Å². The van der Waals surface area contributed by atoms with Crippen LogP contribution in [0.4, 0.5) is 5.69 Å². The van der Waals surface area contributed by atoms with Crippen LogP contribution in [0, 0.1) is 0 Å². The Morgan fingerprint density at radius 1 is 1.31 bits per heavy atom. The maximum Gasteiger partial charge on any atom is 0.0894 e. The third-order valence-corrected chi connectivity index (χ3v) is 2.42. The van der Waals surface area contributed by atoms with Crippen molar-refractivity contribution in [3.05, 3.63) is 42.1 Å². The van der Waals surface area contributed by atoms with Crippen molar-refractivity contribution in [2.75, 3.05) is 19.0 Å². The second kappa shape index (κ2) is 2.73. The second-order valence-electron chi connectivity index (χ2n) is 3.10. The summed E-state index contributed by atoms with van der Waals surface area (Å²) in [7, 11) is 3.82. The normalized spacial score (nSPS) is 18.2. The lowest BCUT2D eigenvalue weighted by atomic mass is 10.1. The fourth-order valence-corrected chi connectivity index (χ4v) is 1.68. The minimum Gasteiger partial charge on any atom is -0.343 e. The smallest absolute Gasteiger partial charge is 0.0894 e. The highest BCUT2D eigenvalue weighted by Gasteiger charge is 2.24. The number of rotatable bonds is 0. The average molecular weight is 172 g/mol. The van der Waals surface area contributed by atoms with E-state index < -0.39 is 0 Å². The number of nitrogens with zero attached hydrogens (tertiary/aromatic N) is 2. The van der Waals surface area contributed by atoms with E-state index in [2.05, 4.69) is 28.6 Å². The molecule has 0 spiro atoms. The van der Waals surface area contributed by atoms with Crippen molar-refractivity contribution in [2.24, 2.45) is 4.99 Å². The van der Waals surface area contributed by atoms with Gasteiger partial charge < -0.3 is 4.90 Å². The number of likely N-dealkylation sites (N-methyl/N-ethyl adjacent to an activating group) is 1. The zero-order valence-electron chi connectivity index (χ0n) is 7.91. The summed E-state index contributed by atoms with van der Waals surface area (Å²) in [6.45, 7) is 4.00. The molecular weight excluding hydrogens is 160 g/mol. The number of allylic oxidation sites excluding steroid dienone is 1. The van der Waals surface area contributed by atoms with Crippen molar-refractivity contribution >= 4 is 11.4 Å². The lowest BCUT2D eigenvalue weighted by molar-refractivity contribution is 1.19. The van der Waals surface area contributed by atoms with E-state index in [0.29, 0.717) is 0 Å². The Morgan fingerprint density at radius 2 is 2.00 bits per heavy atom. The number of para-hydroxylation sites is 1. The van der Waals surface area contributed by atoms with E-state index in [1.807, 2.05) is 19.2 Å². The molecule has 0 radical (unpaired) electrons. The molecular formula is C11H12N2. The largest absolute Gasteiger partial charge is 0.343 e. The molecule has 13 heavy (non-hydrogen) atoms. The number of aliphatic imine (C=N–C) groups is 1. The van der Waals surface area contributed by atoms with Crippen LogP contribution in [0.5, 0.6) is 0 Å². The highest BCUT2D eigenvalue weighted by Crippen LogP contribution is 2.32. The molecule has 66 valence electrons. The summed E-state index contributed by atoms with van der Waals surface area (Å²) >= 11 is 0. The quantitative estimate of drug-likeness (QED) is 0.585. The number of benzene rings is 1. The van der Waals surface area contributed by atoms with E-state index in [1.165, 1.54) is 11.3 Å². The van der Waals surface area contributed by atoms with Gasteiger partial charge in [-0.05, 0) is 6.07 Å². The maximum absolute atomic E-state index is 4.24. The molecule has 1 aromatic rings. The van der Waals surface area contributed by atoms with E-state index in [1.54, 1.807) is 7.05 Å². The van der Waals surface area contributed by atoms with E-state index in [4.69, 9.17) is 0 Å². The van der Waals surface area contributed by atoms with Crippen LogP contribution in [0.25, 0.3) is 0 Å². The lowest BCUT2D eigenvalue weighted by Crippen LogP contribution is -2.12. The Morgan fingerprint density at radius 3 is 2.69 bits per heavy atom. The van der Waals surface area contributed by atoms with Crippen LogP contribution in [0.2, 0.25) is 0 Å². The van der Waals surface area contributed by atoms with Gasteiger partial charge in [-0.3, -0.25) is 4.99 Å². The van der Waals surface area contributed by atoms with Crippen molar-refractivity contribution in [1.82, 2.24) is 0 Å². The summed E-state index contributed by atoms with van der Waals surface area (Å²) < 4.78 is 0. The van der Waals surface area contributed by atoms with Crippen LogP contribution < -0.4 is 4.90 Å². The molecule has 1 heterocycles. The first kappa shape index (κ1) is 8.05. The van der Waals surface area contributed by atoms with E-state index >= 15 is 0 Å². The van der Waals surface area contributed by atoms with Crippen molar-refractivity contribution in [3.8, 4) is 0 Å². The summed E-state index contributed by atoms with van der Waals surface area (Å²) in [5, 5.41) is 0. The van der Waals surface area contributed by atoms with Gasteiger partial charge >= 0.3 is 0 Å². The molecule has 0 aromatic heterocycles. The fourth-order valence-electron chi connectivity index (χ4n) is 1.68. The Balaban J connectivity index is 2.67. The van der Waals surface area contributed by atoms with Gasteiger partial charge in [0.25, 0.3) is 0 Å². The Bertz CT molecular complexity index is 391. The zero-order valence-corrected chi connectivity index (χ0v) is 7.91. The van der Waals surface area contributed by atoms with Gasteiger partial charge in [-0.2, -0.15) is 0 Å². The SMILES string of the molecule is C=C1/C(=N/C)c2ccccc2N1C. The van der Waals surface area contributed by atoms with Gasteiger partial charge in [0.2, 0.25) is 0 Å². The van der Waals surface area contributed by atoms with Crippen LogP contribution in [0.3, 0.4) is 0 Å². The van der Waals surface area contributed by atoms with Crippen molar-refractivity contribution in [3.63, 3.8) is 0 Å². The molecule has 0 bridgehead atoms. The number of fused-ring (bicyclic) bond motifs is 1. The molecule has 0 N–H and O–H groups in total. The third-order valence-electron chi connectivity index (χ3n) is 2.42. The van der Waals surface area contributed by atoms with E-state index in [0.717, 1.165) is 11.4 Å². The van der Waals surface area contributed by atoms with Crippen molar-refractivity contribution in [1.29, 1.82) is 0 Å². The Kier molecular flexibility index (Phi) is 1.69. The molecule has 1 aliphatic heterocycles. The lowest BCUT2D eigenvalue weighted by Gasteiger charge is -2.11.